The van der Waals surface area contributed by atoms with Crippen LogP contribution in [-0.2, 0) is 13.0 Å². The van der Waals surface area contributed by atoms with Crippen LogP contribution in [0.3, 0.4) is 0 Å². The monoisotopic (exact) mass is 338 g/mol. The molecule has 25 heavy (non-hydrogen) atoms. The number of aromatic amines is 1. The Labute approximate surface area is 151 Å². The van der Waals surface area contributed by atoms with Crippen molar-refractivity contribution in [2.24, 2.45) is 11.8 Å². The number of aromatic nitrogens is 2. The standard InChI is InChI=1S/C21H30N4/c1-2-4-18(5-3-1)6-12-24-15-9-20(16-24)19-7-13-25(14-8-19)17-21-22-10-11-23-21/h1-5,10-11,19-20H,6-9,12-17H2,(H,22,23). The molecule has 1 N–H and O–H groups in total. The van der Waals surface area contributed by atoms with Crippen molar-refractivity contribution in [2.75, 3.05) is 32.7 Å². The molecule has 1 aromatic carbocycles. The van der Waals surface area contributed by atoms with Crippen molar-refractivity contribution in [3.05, 3.63) is 54.1 Å². The first-order chi connectivity index (χ1) is 12.4. The minimum Gasteiger partial charge on any atom is -0.348 e. The number of nitrogens with zero attached hydrogens (tertiary/aromatic N) is 3. The molecule has 134 valence electrons. The number of piperidine rings is 1. The zero-order valence-corrected chi connectivity index (χ0v) is 15.1. The number of hydrogen-bond donors (Lipinski definition) is 1. The van der Waals surface area contributed by atoms with Gasteiger partial charge < -0.3 is 9.88 Å². The minimum absolute atomic E-state index is 0.918. The van der Waals surface area contributed by atoms with E-state index in [0.717, 1.165) is 24.2 Å². The second-order valence-corrected chi connectivity index (χ2v) is 7.73. The van der Waals surface area contributed by atoms with Gasteiger partial charge in [-0.15, -0.1) is 0 Å². The van der Waals surface area contributed by atoms with E-state index in [2.05, 4.69) is 50.1 Å². The van der Waals surface area contributed by atoms with E-state index >= 15 is 0 Å². The zero-order chi connectivity index (χ0) is 16.9. The van der Waals surface area contributed by atoms with Crippen LogP contribution in [0.2, 0.25) is 0 Å². The molecule has 1 atom stereocenters. The number of hydrogen-bond acceptors (Lipinski definition) is 3. The average Bonchev–Trinajstić information content (AvgIpc) is 3.34. The third kappa shape index (κ3) is 4.50. The molecule has 0 spiro atoms. The number of imidazole rings is 1. The first kappa shape index (κ1) is 16.8. The van der Waals surface area contributed by atoms with E-state index in [-0.39, 0.29) is 0 Å². The Hall–Kier alpha value is -1.65. The molecule has 1 unspecified atom stereocenters. The highest BCUT2D eigenvalue weighted by atomic mass is 15.2. The molecule has 2 aromatic rings. The van der Waals surface area contributed by atoms with E-state index in [4.69, 9.17) is 0 Å². The lowest BCUT2D eigenvalue weighted by Crippen LogP contribution is -2.36. The number of rotatable bonds is 6. The lowest BCUT2D eigenvalue weighted by Gasteiger charge is -2.34. The third-order valence-electron chi connectivity index (χ3n) is 6.10. The molecule has 0 aliphatic carbocycles. The van der Waals surface area contributed by atoms with Gasteiger partial charge in [0.15, 0.2) is 0 Å². The highest BCUT2D eigenvalue weighted by Gasteiger charge is 2.31. The van der Waals surface area contributed by atoms with Crippen molar-refractivity contribution in [3.63, 3.8) is 0 Å². The molecule has 4 heteroatoms. The van der Waals surface area contributed by atoms with Crippen LogP contribution < -0.4 is 0 Å². The maximum Gasteiger partial charge on any atom is 0.120 e. The number of likely N-dealkylation sites (tertiary alicyclic amines) is 2. The van der Waals surface area contributed by atoms with Gasteiger partial charge in [-0.1, -0.05) is 30.3 Å². The summed E-state index contributed by atoms with van der Waals surface area (Å²) in [6.07, 6.45) is 9.08. The Balaban J connectivity index is 1.19. The number of H-pyrrole nitrogens is 1. The van der Waals surface area contributed by atoms with Gasteiger partial charge in [-0.25, -0.2) is 4.98 Å². The molecule has 4 nitrogen and oxygen atoms in total. The van der Waals surface area contributed by atoms with Gasteiger partial charge >= 0.3 is 0 Å². The number of benzene rings is 1. The Bertz CT molecular complexity index is 617. The van der Waals surface area contributed by atoms with Crippen molar-refractivity contribution in [1.29, 1.82) is 0 Å². The van der Waals surface area contributed by atoms with Gasteiger partial charge in [0, 0.05) is 25.5 Å². The molecule has 0 saturated carbocycles. The highest BCUT2D eigenvalue weighted by Crippen LogP contribution is 2.32. The van der Waals surface area contributed by atoms with Crippen LogP contribution in [0.4, 0.5) is 0 Å². The zero-order valence-electron chi connectivity index (χ0n) is 15.1. The predicted octanol–water partition coefficient (Wildman–Crippen LogP) is 3.19. The van der Waals surface area contributed by atoms with E-state index < -0.39 is 0 Å². The third-order valence-corrected chi connectivity index (χ3v) is 6.10. The van der Waals surface area contributed by atoms with Crippen molar-refractivity contribution in [1.82, 2.24) is 19.8 Å². The molecule has 4 rings (SSSR count). The Morgan fingerprint density at radius 2 is 1.72 bits per heavy atom. The van der Waals surface area contributed by atoms with Gasteiger partial charge in [0.1, 0.15) is 5.82 Å². The molecule has 0 bridgehead atoms. The predicted molar refractivity (Wildman–Crippen MR) is 101 cm³/mol. The molecule has 2 aliphatic heterocycles. The summed E-state index contributed by atoms with van der Waals surface area (Å²) >= 11 is 0. The Kier molecular flexibility index (Phi) is 5.48. The summed E-state index contributed by atoms with van der Waals surface area (Å²) in [7, 11) is 0. The lowest BCUT2D eigenvalue weighted by atomic mass is 9.84. The highest BCUT2D eigenvalue weighted by molar-refractivity contribution is 5.14. The summed E-state index contributed by atoms with van der Waals surface area (Å²) in [4.78, 5) is 12.8. The average molecular weight is 338 g/mol. The van der Waals surface area contributed by atoms with Crippen LogP contribution in [0, 0.1) is 11.8 Å². The van der Waals surface area contributed by atoms with Crippen molar-refractivity contribution < 1.29 is 0 Å². The maximum absolute atomic E-state index is 4.36. The molecule has 2 aliphatic rings. The molecule has 3 heterocycles. The van der Waals surface area contributed by atoms with E-state index in [9.17, 15) is 0 Å². The first-order valence-corrected chi connectivity index (χ1v) is 9.84. The van der Waals surface area contributed by atoms with Gasteiger partial charge in [0.2, 0.25) is 0 Å². The van der Waals surface area contributed by atoms with Crippen LogP contribution in [0.1, 0.15) is 30.7 Å². The minimum atomic E-state index is 0.918. The van der Waals surface area contributed by atoms with Crippen molar-refractivity contribution in [2.45, 2.75) is 32.2 Å². The first-order valence-electron chi connectivity index (χ1n) is 9.84. The van der Waals surface area contributed by atoms with Gasteiger partial charge in [0.25, 0.3) is 0 Å². The lowest BCUT2D eigenvalue weighted by molar-refractivity contribution is 0.139. The normalized spacial score (nSPS) is 23.3. The molecule has 0 radical (unpaired) electrons. The Morgan fingerprint density at radius 3 is 2.48 bits per heavy atom. The quantitative estimate of drug-likeness (QED) is 0.878. The summed E-state index contributed by atoms with van der Waals surface area (Å²) in [5.74, 6) is 2.95. The van der Waals surface area contributed by atoms with E-state index in [0.29, 0.717) is 0 Å². The summed E-state index contributed by atoms with van der Waals surface area (Å²) < 4.78 is 0. The summed E-state index contributed by atoms with van der Waals surface area (Å²) in [5, 5.41) is 0. The number of nitrogens with one attached hydrogen (secondary N) is 1. The van der Waals surface area contributed by atoms with E-state index in [1.54, 1.807) is 0 Å². The van der Waals surface area contributed by atoms with E-state index in [1.165, 1.54) is 64.0 Å². The Morgan fingerprint density at radius 1 is 0.960 bits per heavy atom. The molecule has 0 amide bonds. The van der Waals surface area contributed by atoms with Crippen LogP contribution >= 0.6 is 0 Å². The van der Waals surface area contributed by atoms with Crippen LogP contribution in [0.5, 0.6) is 0 Å². The van der Waals surface area contributed by atoms with Gasteiger partial charge in [0.05, 0.1) is 6.54 Å². The topological polar surface area (TPSA) is 35.2 Å². The largest absolute Gasteiger partial charge is 0.348 e. The maximum atomic E-state index is 4.36. The van der Waals surface area contributed by atoms with Gasteiger partial charge in [-0.2, -0.15) is 0 Å². The fraction of sp³-hybridized carbons (Fsp3) is 0.571. The summed E-state index contributed by atoms with van der Waals surface area (Å²) in [5.41, 5.74) is 1.47. The smallest absolute Gasteiger partial charge is 0.120 e. The second-order valence-electron chi connectivity index (χ2n) is 7.73. The van der Waals surface area contributed by atoms with Gasteiger partial charge in [-0.05, 0) is 62.7 Å². The molecular formula is C21H30N4. The fourth-order valence-corrected chi connectivity index (χ4v) is 4.56. The molecule has 2 saturated heterocycles. The van der Waals surface area contributed by atoms with Crippen LogP contribution in [0.15, 0.2) is 42.7 Å². The van der Waals surface area contributed by atoms with Gasteiger partial charge in [-0.3, -0.25) is 4.90 Å². The van der Waals surface area contributed by atoms with Crippen LogP contribution in [0.25, 0.3) is 0 Å². The summed E-state index contributed by atoms with van der Waals surface area (Å²) in [6, 6.07) is 10.9. The fourth-order valence-electron chi connectivity index (χ4n) is 4.56. The van der Waals surface area contributed by atoms with Crippen molar-refractivity contribution in [3.8, 4) is 0 Å². The molecular weight excluding hydrogens is 308 g/mol. The van der Waals surface area contributed by atoms with Crippen molar-refractivity contribution >= 4 is 0 Å². The summed E-state index contributed by atoms with van der Waals surface area (Å²) in [6.45, 7) is 7.27. The SMILES string of the molecule is c1ccc(CCN2CCC(C3CCN(Cc4ncc[nH]4)CC3)C2)cc1. The molecule has 1 aromatic heterocycles. The van der Waals surface area contributed by atoms with E-state index in [1.807, 2.05) is 12.4 Å². The van der Waals surface area contributed by atoms with Crippen LogP contribution in [-0.4, -0.2) is 52.5 Å². The second kappa shape index (κ2) is 8.15. The molecule has 2 fully saturated rings.